The lowest BCUT2D eigenvalue weighted by Crippen LogP contribution is -2.36. The van der Waals surface area contributed by atoms with Gasteiger partial charge in [-0.15, -0.1) is 0 Å². The third kappa shape index (κ3) is 3.16. The Kier molecular flexibility index (Phi) is 4.10. The predicted molar refractivity (Wildman–Crippen MR) is 44.1 cm³/mol. The quantitative estimate of drug-likeness (QED) is 0.435. The molecule has 0 aromatic heterocycles. The molecular formula is C6H11O6P. The molecule has 0 bridgehead atoms. The average molecular weight is 210 g/mol. The Bertz CT molecular complexity index is 234. The van der Waals surface area contributed by atoms with Gasteiger partial charge >= 0.3 is 11.9 Å². The summed E-state index contributed by atoms with van der Waals surface area (Å²) in [6.45, 7) is 1.02. The van der Waals surface area contributed by atoms with Gasteiger partial charge in [0.15, 0.2) is 13.4 Å². The minimum atomic E-state index is -2.81. The smallest absolute Gasteiger partial charge is 0.320 e. The molecule has 0 fully saturated rings. The molecule has 0 amide bonds. The van der Waals surface area contributed by atoms with Crippen molar-refractivity contribution in [2.24, 2.45) is 5.41 Å². The number of carboxylic acids is 2. The van der Waals surface area contributed by atoms with E-state index in [1.54, 1.807) is 0 Å². The van der Waals surface area contributed by atoms with Crippen LogP contribution in [-0.2, 0) is 14.2 Å². The van der Waals surface area contributed by atoms with Crippen molar-refractivity contribution in [1.82, 2.24) is 0 Å². The van der Waals surface area contributed by atoms with Crippen LogP contribution in [0.15, 0.2) is 0 Å². The van der Waals surface area contributed by atoms with Gasteiger partial charge in [-0.25, -0.2) is 0 Å². The molecule has 0 rings (SSSR count). The fourth-order valence-electron chi connectivity index (χ4n) is 0.662. The van der Waals surface area contributed by atoms with Gasteiger partial charge in [-0.1, -0.05) is 0 Å². The highest BCUT2D eigenvalue weighted by Gasteiger charge is 2.41. The summed E-state index contributed by atoms with van der Waals surface area (Å²) in [4.78, 5) is 29.5. The number of aliphatic carboxylic acids is 2. The highest BCUT2D eigenvalue weighted by molar-refractivity contribution is 7.37. The molecule has 0 heterocycles. The summed E-state index contributed by atoms with van der Waals surface area (Å²) in [6, 6.07) is 0. The second-order valence-corrected chi connectivity index (χ2v) is 4.12. The minimum absolute atomic E-state index is 0.292. The van der Waals surface area contributed by atoms with E-state index in [-0.39, 0.29) is 12.6 Å². The second-order valence-electron chi connectivity index (χ2n) is 2.84. The Morgan fingerprint density at radius 3 is 1.92 bits per heavy atom. The Labute approximate surface area is 75.1 Å². The first-order chi connectivity index (χ1) is 5.80. The van der Waals surface area contributed by atoms with Crippen molar-refractivity contribution < 1.29 is 29.3 Å². The van der Waals surface area contributed by atoms with Gasteiger partial charge in [0, 0.05) is 6.16 Å². The third-order valence-electron chi connectivity index (χ3n) is 1.78. The Balaban J connectivity index is 4.52. The van der Waals surface area contributed by atoms with E-state index in [2.05, 4.69) is 0 Å². The highest BCUT2D eigenvalue weighted by Crippen LogP contribution is 2.27. The molecule has 1 unspecified atom stereocenters. The van der Waals surface area contributed by atoms with E-state index >= 15 is 0 Å². The van der Waals surface area contributed by atoms with Crippen LogP contribution in [0.5, 0.6) is 0 Å². The predicted octanol–water partition coefficient (Wildman–Crippen LogP) is 0.0190. The molecule has 6 nitrogen and oxygen atoms in total. The molecule has 7 heteroatoms. The number of hydrogen-bond acceptors (Lipinski definition) is 3. The van der Waals surface area contributed by atoms with Crippen LogP contribution in [-0.4, -0.2) is 33.2 Å². The number of hydrogen-bond donors (Lipinski definition) is 3. The van der Waals surface area contributed by atoms with Crippen LogP contribution >= 0.6 is 8.03 Å². The maximum Gasteiger partial charge on any atom is 0.320 e. The van der Waals surface area contributed by atoms with Gasteiger partial charge in [0.05, 0.1) is 0 Å². The Morgan fingerprint density at radius 1 is 1.31 bits per heavy atom. The molecule has 0 spiro atoms. The third-order valence-corrected chi connectivity index (χ3v) is 2.46. The molecule has 0 aliphatic heterocycles. The summed E-state index contributed by atoms with van der Waals surface area (Å²) < 4.78 is 10.3. The average Bonchev–Trinajstić information content (AvgIpc) is 1.99. The van der Waals surface area contributed by atoms with Crippen LogP contribution in [0.3, 0.4) is 0 Å². The molecule has 3 N–H and O–H groups in total. The van der Waals surface area contributed by atoms with Crippen molar-refractivity contribution in [2.45, 2.75) is 13.3 Å². The van der Waals surface area contributed by atoms with Gasteiger partial charge in [0.2, 0.25) is 0 Å². The van der Waals surface area contributed by atoms with Crippen LogP contribution < -0.4 is 0 Å². The standard InChI is InChI=1S/C6H11O6P/c1-6(4(7)8,5(9)10)2-3-13(11)12/h13H,2-3H2,1H3,(H,7,8)(H,9,10)(H,11,12). The highest BCUT2D eigenvalue weighted by atomic mass is 31.1. The monoisotopic (exact) mass is 210 g/mol. The molecule has 0 aliphatic rings. The lowest BCUT2D eigenvalue weighted by atomic mass is 9.88. The maximum atomic E-state index is 10.5. The lowest BCUT2D eigenvalue weighted by Gasteiger charge is -2.18. The van der Waals surface area contributed by atoms with Gasteiger partial charge < -0.3 is 15.1 Å². The zero-order valence-corrected chi connectivity index (χ0v) is 7.98. The van der Waals surface area contributed by atoms with Gasteiger partial charge in [-0.05, 0) is 13.3 Å². The van der Waals surface area contributed by atoms with Crippen molar-refractivity contribution in [2.75, 3.05) is 6.16 Å². The summed E-state index contributed by atoms with van der Waals surface area (Å²) in [5.74, 6) is -2.99. The second kappa shape index (κ2) is 4.39. The van der Waals surface area contributed by atoms with Crippen LogP contribution in [0.4, 0.5) is 0 Å². The lowest BCUT2D eigenvalue weighted by molar-refractivity contribution is -0.163. The Morgan fingerprint density at radius 2 is 1.69 bits per heavy atom. The van der Waals surface area contributed by atoms with E-state index in [1.807, 2.05) is 0 Å². The summed E-state index contributed by atoms with van der Waals surface area (Å²) >= 11 is 0. The first-order valence-corrected chi connectivity index (χ1v) is 5.05. The van der Waals surface area contributed by atoms with E-state index in [9.17, 15) is 14.2 Å². The van der Waals surface area contributed by atoms with Crippen LogP contribution in [0.1, 0.15) is 13.3 Å². The molecule has 0 aromatic rings. The zero-order valence-electron chi connectivity index (χ0n) is 6.98. The minimum Gasteiger partial charge on any atom is -0.480 e. The number of rotatable bonds is 5. The molecule has 1 atom stereocenters. The van der Waals surface area contributed by atoms with Gasteiger partial charge in [0.25, 0.3) is 0 Å². The molecule has 0 radical (unpaired) electrons. The maximum absolute atomic E-state index is 10.5. The molecule has 13 heavy (non-hydrogen) atoms. The topological polar surface area (TPSA) is 112 Å². The molecule has 0 aromatic carbocycles. The van der Waals surface area contributed by atoms with E-state index in [4.69, 9.17) is 15.1 Å². The fraction of sp³-hybridized carbons (Fsp3) is 0.667. The molecule has 0 saturated heterocycles. The van der Waals surface area contributed by atoms with E-state index in [0.29, 0.717) is 0 Å². The van der Waals surface area contributed by atoms with E-state index < -0.39 is 25.4 Å². The summed E-state index contributed by atoms with van der Waals surface area (Å²) in [6.07, 6.45) is -0.633. The summed E-state index contributed by atoms with van der Waals surface area (Å²) in [5, 5.41) is 17.1. The van der Waals surface area contributed by atoms with Crippen molar-refractivity contribution >= 4 is 20.0 Å². The van der Waals surface area contributed by atoms with Gasteiger partial charge in [-0.3, -0.25) is 14.2 Å². The molecule has 0 saturated carbocycles. The molecule has 76 valence electrons. The van der Waals surface area contributed by atoms with Crippen LogP contribution in [0.2, 0.25) is 0 Å². The first kappa shape index (κ1) is 12.1. The van der Waals surface area contributed by atoms with Crippen LogP contribution in [0.25, 0.3) is 0 Å². The Hall–Kier alpha value is -0.870. The van der Waals surface area contributed by atoms with Crippen molar-refractivity contribution in [3.63, 3.8) is 0 Å². The van der Waals surface area contributed by atoms with Crippen molar-refractivity contribution in [1.29, 1.82) is 0 Å². The normalized spacial score (nSPS) is 13.7. The van der Waals surface area contributed by atoms with Crippen LogP contribution in [0, 0.1) is 5.41 Å². The molecular weight excluding hydrogens is 199 g/mol. The van der Waals surface area contributed by atoms with Crippen molar-refractivity contribution in [3.8, 4) is 0 Å². The SMILES string of the molecule is CC(CC[PH](=O)O)(C(=O)O)C(=O)O. The van der Waals surface area contributed by atoms with Crippen molar-refractivity contribution in [3.05, 3.63) is 0 Å². The largest absolute Gasteiger partial charge is 0.480 e. The van der Waals surface area contributed by atoms with E-state index in [0.717, 1.165) is 6.92 Å². The van der Waals surface area contributed by atoms with E-state index in [1.165, 1.54) is 0 Å². The summed E-state index contributed by atoms with van der Waals surface area (Å²) in [5.41, 5.74) is -1.97. The zero-order chi connectivity index (χ0) is 10.6. The van der Waals surface area contributed by atoms with Gasteiger partial charge in [-0.2, -0.15) is 0 Å². The number of carboxylic acid groups (broad SMARTS) is 2. The fourth-order valence-corrected chi connectivity index (χ4v) is 1.38. The van der Waals surface area contributed by atoms with Gasteiger partial charge in [0.1, 0.15) is 0 Å². The molecule has 0 aliphatic carbocycles. The summed E-state index contributed by atoms with van der Waals surface area (Å²) in [7, 11) is -2.81. The first-order valence-electron chi connectivity index (χ1n) is 3.49. The number of carbonyl (C=O) groups is 2.